The molecule has 0 amide bonds. The Hall–Kier alpha value is -0.870. The molecule has 2 atom stereocenters. The van der Waals surface area contributed by atoms with Crippen LogP contribution in [0.25, 0.3) is 0 Å². The largest absolute Gasteiger partial charge is 0.340 e. The number of nitrogens with zero attached hydrogens (tertiary/aromatic N) is 4. The molecule has 1 aromatic heterocycles. The van der Waals surface area contributed by atoms with Crippen molar-refractivity contribution in [2.75, 3.05) is 31.1 Å². The Labute approximate surface area is 112 Å². The summed E-state index contributed by atoms with van der Waals surface area (Å²) in [7, 11) is 0. The van der Waals surface area contributed by atoms with Crippen LogP contribution in [0.5, 0.6) is 0 Å². The summed E-state index contributed by atoms with van der Waals surface area (Å²) in [5.74, 6) is 2.46. The van der Waals surface area contributed by atoms with Crippen molar-refractivity contribution < 1.29 is 0 Å². The smallest absolute Gasteiger partial charge is 0.225 e. The Morgan fingerprint density at radius 3 is 2.17 bits per heavy atom. The fraction of sp³-hybridized carbons (Fsp3) is 0.692. The Bertz CT molecular complexity index is 431. The summed E-state index contributed by atoms with van der Waals surface area (Å²) in [4.78, 5) is 13.7. The van der Waals surface area contributed by atoms with Crippen LogP contribution in [0.1, 0.15) is 12.8 Å². The van der Waals surface area contributed by atoms with E-state index in [0.29, 0.717) is 5.02 Å². The molecule has 2 saturated heterocycles. The number of likely N-dealkylation sites (tertiary alicyclic amines) is 1. The third-order valence-electron chi connectivity index (χ3n) is 4.47. The minimum atomic E-state index is 0.609. The molecule has 2 unspecified atom stereocenters. The zero-order valence-corrected chi connectivity index (χ0v) is 11.1. The van der Waals surface area contributed by atoms with Crippen molar-refractivity contribution in [3.05, 3.63) is 17.4 Å². The van der Waals surface area contributed by atoms with Gasteiger partial charge in [0.1, 0.15) is 0 Å². The molecule has 18 heavy (non-hydrogen) atoms. The number of rotatable bonds is 2. The Balaban J connectivity index is 1.44. The van der Waals surface area contributed by atoms with Crippen molar-refractivity contribution >= 4 is 17.5 Å². The molecular weight excluding hydrogens is 248 g/mol. The average molecular weight is 265 g/mol. The molecule has 1 aliphatic carbocycles. The number of halogens is 1. The first-order chi connectivity index (χ1) is 8.79. The molecule has 0 spiro atoms. The normalized spacial score (nSPS) is 31.9. The van der Waals surface area contributed by atoms with E-state index in [1.54, 1.807) is 12.4 Å². The zero-order valence-electron chi connectivity index (χ0n) is 10.3. The Morgan fingerprint density at radius 2 is 1.61 bits per heavy atom. The molecule has 0 bridgehead atoms. The summed E-state index contributed by atoms with van der Waals surface area (Å²) in [5.41, 5.74) is 0. The second-order valence-corrected chi connectivity index (χ2v) is 6.25. The van der Waals surface area contributed by atoms with Crippen molar-refractivity contribution in [3.63, 3.8) is 0 Å². The van der Waals surface area contributed by atoms with E-state index >= 15 is 0 Å². The van der Waals surface area contributed by atoms with Crippen molar-refractivity contribution in [3.8, 4) is 0 Å². The van der Waals surface area contributed by atoms with Gasteiger partial charge in [0.05, 0.1) is 17.4 Å². The summed E-state index contributed by atoms with van der Waals surface area (Å²) < 4.78 is 0. The van der Waals surface area contributed by atoms with Gasteiger partial charge in [-0.1, -0.05) is 11.6 Å². The van der Waals surface area contributed by atoms with E-state index in [1.165, 1.54) is 25.9 Å². The van der Waals surface area contributed by atoms with Crippen LogP contribution in [0.4, 0.5) is 5.95 Å². The molecule has 3 heterocycles. The summed E-state index contributed by atoms with van der Waals surface area (Å²) in [6.07, 6.45) is 6.22. The second-order valence-electron chi connectivity index (χ2n) is 5.81. The molecular formula is C13H17ClN4. The fourth-order valence-electron chi connectivity index (χ4n) is 3.40. The van der Waals surface area contributed by atoms with Gasteiger partial charge in [-0.15, -0.1) is 0 Å². The van der Waals surface area contributed by atoms with Gasteiger partial charge in [-0.3, -0.25) is 4.90 Å². The monoisotopic (exact) mass is 264 g/mol. The van der Waals surface area contributed by atoms with E-state index < -0.39 is 0 Å². The number of hydrogen-bond acceptors (Lipinski definition) is 4. The summed E-state index contributed by atoms with van der Waals surface area (Å²) in [5, 5.41) is 0.609. The van der Waals surface area contributed by atoms with E-state index in [4.69, 9.17) is 11.6 Å². The maximum Gasteiger partial charge on any atom is 0.225 e. The highest BCUT2D eigenvalue weighted by molar-refractivity contribution is 6.30. The van der Waals surface area contributed by atoms with Gasteiger partial charge in [0.15, 0.2) is 0 Å². The highest BCUT2D eigenvalue weighted by atomic mass is 35.5. The molecule has 4 rings (SSSR count). The molecule has 1 saturated carbocycles. The van der Waals surface area contributed by atoms with Crippen LogP contribution in [-0.2, 0) is 0 Å². The SMILES string of the molecule is Clc1cnc(N2CC3CN(C4CC4)CC3C2)nc1. The van der Waals surface area contributed by atoms with Gasteiger partial charge in [-0.05, 0) is 24.7 Å². The van der Waals surface area contributed by atoms with Gasteiger partial charge in [-0.2, -0.15) is 0 Å². The minimum absolute atomic E-state index is 0.609. The topological polar surface area (TPSA) is 32.3 Å². The molecule has 2 aliphatic heterocycles. The minimum Gasteiger partial charge on any atom is -0.340 e. The van der Waals surface area contributed by atoms with Crippen molar-refractivity contribution in [1.82, 2.24) is 14.9 Å². The molecule has 0 N–H and O–H groups in total. The van der Waals surface area contributed by atoms with Gasteiger partial charge in [-0.25, -0.2) is 9.97 Å². The van der Waals surface area contributed by atoms with Crippen molar-refractivity contribution in [2.45, 2.75) is 18.9 Å². The third-order valence-corrected chi connectivity index (χ3v) is 4.66. The molecule has 5 heteroatoms. The first-order valence-electron chi connectivity index (χ1n) is 6.76. The molecule has 0 aromatic carbocycles. The first-order valence-corrected chi connectivity index (χ1v) is 7.14. The highest BCUT2D eigenvalue weighted by Crippen LogP contribution is 2.38. The summed E-state index contributed by atoms with van der Waals surface area (Å²) >= 11 is 5.82. The molecule has 3 fully saturated rings. The molecule has 3 aliphatic rings. The predicted molar refractivity (Wildman–Crippen MR) is 70.8 cm³/mol. The van der Waals surface area contributed by atoms with Crippen molar-refractivity contribution in [2.24, 2.45) is 11.8 Å². The van der Waals surface area contributed by atoms with Crippen LogP contribution in [0.15, 0.2) is 12.4 Å². The van der Waals surface area contributed by atoms with Gasteiger partial charge in [0.25, 0.3) is 0 Å². The fourth-order valence-corrected chi connectivity index (χ4v) is 3.50. The van der Waals surface area contributed by atoms with Gasteiger partial charge < -0.3 is 4.90 Å². The maximum atomic E-state index is 5.82. The third kappa shape index (κ3) is 1.88. The molecule has 96 valence electrons. The van der Waals surface area contributed by atoms with E-state index in [9.17, 15) is 0 Å². The summed E-state index contributed by atoms with van der Waals surface area (Å²) in [6.45, 7) is 4.77. The number of aromatic nitrogens is 2. The Morgan fingerprint density at radius 1 is 1.00 bits per heavy atom. The molecule has 4 nitrogen and oxygen atoms in total. The van der Waals surface area contributed by atoms with Gasteiger partial charge in [0.2, 0.25) is 5.95 Å². The van der Waals surface area contributed by atoms with Gasteiger partial charge in [0, 0.05) is 32.2 Å². The van der Waals surface area contributed by atoms with Crippen LogP contribution in [0, 0.1) is 11.8 Å². The number of fused-ring (bicyclic) bond motifs is 1. The van der Waals surface area contributed by atoms with Crippen LogP contribution in [-0.4, -0.2) is 47.1 Å². The van der Waals surface area contributed by atoms with Crippen molar-refractivity contribution in [1.29, 1.82) is 0 Å². The maximum absolute atomic E-state index is 5.82. The summed E-state index contributed by atoms with van der Waals surface area (Å²) in [6, 6.07) is 0.913. The standard InChI is InChI=1S/C13H17ClN4/c14-11-3-15-13(16-4-11)18-7-9-5-17(12-1-2-12)6-10(9)8-18/h3-4,9-10,12H,1-2,5-8H2. The van der Waals surface area contributed by atoms with E-state index in [-0.39, 0.29) is 0 Å². The molecule has 0 radical (unpaired) electrons. The predicted octanol–water partition coefficient (Wildman–Crippen LogP) is 1.66. The number of anilines is 1. The van der Waals surface area contributed by atoms with Crippen LogP contribution >= 0.6 is 11.6 Å². The lowest BCUT2D eigenvalue weighted by molar-refractivity contribution is 0.306. The lowest BCUT2D eigenvalue weighted by Gasteiger charge is -2.21. The van der Waals surface area contributed by atoms with Crippen LogP contribution in [0.2, 0.25) is 5.02 Å². The molecule has 1 aromatic rings. The number of hydrogen-bond donors (Lipinski definition) is 0. The van der Waals surface area contributed by atoms with Crippen LogP contribution in [0.3, 0.4) is 0 Å². The lowest BCUT2D eigenvalue weighted by atomic mass is 10.0. The Kier molecular flexibility index (Phi) is 2.49. The quantitative estimate of drug-likeness (QED) is 0.813. The van der Waals surface area contributed by atoms with Crippen LogP contribution < -0.4 is 4.90 Å². The highest BCUT2D eigenvalue weighted by Gasteiger charge is 2.44. The first kappa shape index (κ1) is 11.0. The van der Waals surface area contributed by atoms with Gasteiger partial charge >= 0.3 is 0 Å². The van der Waals surface area contributed by atoms with E-state index in [1.807, 2.05) is 0 Å². The second kappa shape index (κ2) is 4.07. The van der Waals surface area contributed by atoms with E-state index in [0.717, 1.165) is 36.9 Å². The lowest BCUT2D eigenvalue weighted by Crippen LogP contribution is -2.30. The van der Waals surface area contributed by atoms with E-state index in [2.05, 4.69) is 19.8 Å². The average Bonchev–Trinajstić information content (AvgIpc) is 3.02. The zero-order chi connectivity index (χ0) is 12.1.